The lowest BCUT2D eigenvalue weighted by molar-refractivity contribution is -0.148. The van der Waals surface area contributed by atoms with E-state index in [9.17, 15) is 19.2 Å². The molecular weight excluding hydrogens is 625 g/mol. The van der Waals surface area contributed by atoms with Gasteiger partial charge in [-0.05, 0) is 46.7 Å². The van der Waals surface area contributed by atoms with Gasteiger partial charge in [-0.1, -0.05) is 66.8 Å². The lowest BCUT2D eigenvalue weighted by atomic mass is 9.90. The number of nitrogens with one attached hydrogen (secondary N) is 4. The molecule has 0 fully saturated rings. The molecule has 1 aromatic carbocycles. The van der Waals surface area contributed by atoms with E-state index in [0.29, 0.717) is 46.4 Å². The zero-order chi connectivity index (χ0) is 32.1. The predicted molar refractivity (Wildman–Crippen MR) is 173 cm³/mol. The van der Waals surface area contributed by atoms with Crippen LogP contribution in [0.15, 0.2) is 54.1 Å². The Bertz CT molecular complexity index is 1430. The number of amidine groups is 1. The molecule has 3 unspecified atom stereocenters. The van der Waals surface area contributed by atoms with E-state index >= 15 is 0 Å². The highest BCUT2D eigenvalue weighted by molar-refractivity contribution is 8.26. The predicted octanol–water partition coefficient (Wildman–Crippen LogP) is 4.17. The van der Waals surface area contributed by atoms with Gasteiger partial charge in [0.2, 0.25) is 16.9 Å². The normalized spacial score (nSPS) is 15.3. The number of nitrogens with zero attached hydrogens (tertiary/aromatic N) is 2. The van der Waals surface area contributed by atoms with Gasteiger partial charge < -0.3 is 14.8 Å². The smallest absolute Gasteiger partial charge is 0.322 e. The largest absolute Gasteiger partial charge is 0.468 e. The van der Waals surface area contributed by atoms with Crippen LogP contribution in [0.5, 0.6) is 0 Å². The fourth-order valence-corrected chi connectivity index (χ4v) is 6.51. The van der Waals surface area contributed by atoms with Crippen molar-refractivity contribution in [1.82, 2.24) is 15.5 Å². The molecule has 44 heavy (non-hydrogen) atoms. The van der Waals surface area contributed by atoms with E-state index in [4.69, 9.17) is 20.3 Å². The third kappa shape index (κ3) is 10.4. The van der Waals surface area contributed by atoms with Crippen LogP contribution in [0.2, 0.25) is 0 Å². The average Bonchev–Trinajstić information content (AvgIpc) is 3.45. The van der Waals surface area contributed by atoms with E-state index < -0.39 is 35.6 Å². The Hall–Kier alpha value is -3.82. The molecular formula is C29H34N6O6S3. The Kier molecular flexibility index (Phi) is 13.8. The lowest BCUT2D eigenvalue weighted by Gasteiger charge is -2.18. The van der Waals surface area contributed by atoms with Crippen LogP contribution in [0.1, 0.15) is 36.3 Å². The molecule has 0 saturated heterocycles. The molecule has 12 nitrogen and oxygen atoms in total. The molecule has 0 spiro atoms. The number of hydrogen-bond acceptors (Lipinski definition) is 13. The minimum Gasteiger partial charge on any atom is -0.468 e. The first-order valence-electron chi connectivity index (χ1n) is 13.6. The summed E-state index contributed by atoms with van der Waals surface area (Å²) in [5.41, 5.74) is 1.04. The number of carbonyl (C=O) groups is 4. The minimum atomic E-state index is -1.22. The Morgan fingerprint density at radius 1 is 1.02 bits per heavy atom. The fourth-order valence-electron chi connectivity index (χ4n) is 4.02. The van der Waals surface area contributed by atoms with Gasteiger partial charge in [-0.25, -0.2) is 0 Å². The number of anilines is 1. The van der Waals surface area contributed by atoms with Crippen molar-refractivity contribution in [1.29, 1.82) is 10.8 Å². The second kappa shape index (κ2) is 17.5. The summed E-state index contributed by atoms with van der Waals surface area (Å²) in [4.78, 5) is 50.1. The lowest BCUT2D eigenvalue weighted by Crippen LogP contribution is -2.37. The maximum Gasteiger partial charge on any atom is 0.322 e. The summed E-state index contributed by atoms with van der Waals surface area (Å²) in [6.45, 7) is 2.05. The van der Waals surface area contributed by atoms with E-state index in [-0.39, 0.29) is 15.3 Å². The first-order chi connectivity index (χ1) is 21.1. The third-order valence-corrected chi connectivity index (χ3v) is 8.94. The molecule has 2 amide bonds. The van der Waals surface area contributed by atoms with Crippen LogP contribution < -0.4 is 10.6 Å². The molecule has 3 atom stereocenters. The van der Waals surface area contributed by atoms with Gasteiger partial charge in [0.1, 0.15) is 5.01 Å². The number of esters is 2. The number of methoxy groups -OCH3 is 2. The Labute approximate surface area is 267 Å². The molecule has 3 rings (SSSR count). The fraction of sp³-hybridized carbons (Fsp3) is 0.379. The number of ether oxygens (including phenoxy) is 2. The van der Waals surface area contributed by atoms with Crippen LogP contribution in [0.25, 0.3) is 0 Å². The zero-order valence-electron chi connectivity index (χ0n) is 24.5. The highest BCUT2D eigenvalue weighted by atomic mass is 32.2. The maximum atomic E-state index is 12.9. The van der Waals surface area contributed by atoms with Gasteiger partial charge in [0.15, 0.2) is 17.0 Å². The van der Waals surface area contributed by atoms with Gasteiger partial charge in [-0.15, -0.1) is 10.2 Å². The second-order valence-electron chi connectivity index (χ2n) is 9.55. The van der Waals surface area contributed by atoms with Gasteiger partial charge in [0, 0.05) is 12.8 Å². The number of aryl methyl sites for hydroxylation is 1. The SMILES string of the molecule is COC(=O)C(C(=O)Nc1nnc(CCSCCC(=N)SC(=N)NC(=O)C(C(=O)OC)c2ccccc2)s1)C1=CCC(C)C=C1. The molecule has 0 bridgehead atoms. The van der Waals surface area contributed by atoms with Crippen molar-refractivity contribution in [2.24, 2.45) is 11.8 Å². The molecule has 234 valence electrons. The van der Waals surface area contributed by atoms with Crippen LogP contribution in [-0.2, 0) is 35.1 Å². The number of allylic oxidation sites excluding steroid dienone is 3. The van der Waals surface area contributed by atoms with E-state index in [1.807, 2.05) is 19.1 Å². The number of amides is 2. The molecule has 0 radical (unpaired) electrons. The van der Waals surface area contributed by atoms with Crippen LogP contribution in [0, 0.1) is 22.7 Å². The van der Waals surface area contributed by atoms with Crippen molar-refractivity contribution in [3.8, 4) is 0 Å². The summed E-state index contributed by atoms with van der Waals surface area (Å²) in [7, 11) is 2.44. The van der Waals surface area contributed by atoms with Crippen LogP contribution >= 0.6 is 34.9 Å². The summed E-state index contributed by atoms with van der Waals surface area (Å²) < 4.78 is 9.61. The quantitative estimate of drug-likeness (QED) is 0.0801. The van der Waals surface area contributed by atoms with Gasteiger partial charge >= 0.3 is 11.9 Å². The van der Waals surface area contributed by atoms with Crippen LogP contribution in [0.3, 0.4) is 0 Å². The van der Waals surface area contributed by atoms with Crippen molar-refractivity contribution in [2.45, 2.75) is 32.1 Å². The summed E-state index contributed by atoms with van der Waals surface area (Å²) >= 11 is 3.61. The maximum absolute atomic E-state index is 12.9. The van der Waals surface area contributed by atoms with E-state index in [1.165, 1.54) is 25.6 Å². The number of hydrogen-bond donors (Lipinski definition) is 4. The molecule has 4 N–H and O–H groups in total. The van der Waals surface area contributed by atoms with Gasteiger partial charge in [-0.3, -0.25) is 35.3 Å². The van der Waals surface area contributed by atoms with Crippen LogP contribution in [-0.4, -0.2) is 69.9 Å². The van der Waals surface area contributed by atoms with Crippen molar-refractivity contribution in [3.05, 3.63) is 64.7 Å². The summed E-state index contributed by atoms with van der Waals surface area (Å²) in [5, 5.41) is 30.4. The molecule has 1 heterocycles. The number of thioether (sulfide) groups is 2. The molecule has 15 heteroatoms. The van der Waals surface area contributed by atoms with Crippen molar-refractivity contribution in [2.75, 3.05) is 31.0 Å². The van der Waals surface area contributed by atoms with Crippen LogP contribution in [0.4, 0.5) is 5.13 Å². The first kappa shape index (κ1) is 34.7. The minimum absolute atomic E-state index is 0.190. The highest BCUT2D eigenvalue weighted by Crippen LogP contribution is 2.26. The molecule has 1 aliphatic rings. The second-order valence-corrected chi connectivity index (χ2v) is 12.9. The first-order valence-corrected chi connectivity index (χ1v) is 16.4. The van der Waals surface area contributed by atoms with Crippen molar-refractivity contribution in [3.63, 3.8) is 0 Å². The molecule has 1 aliphatic carbocycles. The molecule has 0 saturated carbocycles. The molecule has 2 aromatic rings. The standard InChI is InChI=1S/C29H34N6O6S3/c1-17-9-11-19(12-10-17)23(27(39)41-3)25(37)33-29-35-34-21(44-29)14-16-42-15-13-20(30)43-28(31)32-24(36)22(26(38)40-2)18-7-5-4-6-8-18/h4-9,11-12,17,22-23,30H,10,13-16H2,1-3H3,(H2,31,32,36)(H,33,35,37). The number of aromatic nitrogens is 2. The summed E-state index contributed by atoms with van der Waals surface area (Å²) in [6, 6.07) is 8.42. The molecule has 0 aliphatic heterocycles. The summed E-state index contributed by atoms with van der Waals surface area (Å²) in [6.07, 6.45) is 7.31. The number of carbonyl (C=O) groups excluding carboxylic acids is 4. The monoisotopic (exact) mass is 658 g/mol. The van der Waals surface area contributed by atoms with Gasteiger partial charge in [0.25, 0.3) is 0 Å². The molecule has 1 aromatic heterocycles. The topological polar surface area (TPSA) is 184 Å². The van der Waals surface area contributed by atoms with Gasteiger partial charge in [0.05, 0.1) is 19.3 Å². The zero-order valence-corrected chi connectivity index (χ0v) is 26.9. The van der Waals surface area contributed by atoms with Crippen molar-refractivity contribution < 1.29 is 28.7 Å². The Balaban J connectivity index is 1.39. The number of rotatable bonds is 13. The number of benzene rings is 1. The third-order valence-electron chi connectivity index (χ3n) is 6.30. The van der Waals surface area contributed by atoms with E-state index in [2.05, 4.69) is 20.8 Å². The Morgan fingerprint density at radius 2 is 1.73 bits per heavy atom. The summed E-state index contributed by atoms with van der Waals surface area (Å²) in [5.74, 6) is -3.29. The average molecular weight is 659 g/mol. The highest BCUT2D eigenvalue weighted by Gasteiger charge is 2.32. The van der Waals surface area contributed by atoms with E-state index in [0.717, 1.165) is 18.2 Å². The van der Waals surface area contributed by atoms with E-state index in [1.54, 1.807) is 48.2 Å². The van der Waals surface area contributed by atoms with Gasteiger partial charge in [-0.2, -0.15) is 11.8 Å². The van der Waals surface area contributed by atoms with Crippen molar-refractivity contribution >= 4 is 74.0 Å². The Morgan fingerprint density at radius 3 is 2.39 bits per heavy atom.